The van der Waals surface area contributed by atoms with Gasteiger partial charge in [-0.2, -0.15) is 0 Å². The minimum atomic E-state index is -1.18. The summed E-state index contributed by atoms with van der Waals surface area (Å²) in [5.41, 5.74) is 0.637. The molecule has 1 aliphatic heterocycles. The van der Waals surface area contributed by atoms with Crippen LogP contribution < -0.4 is 9.47 Å². The average molecular weight is 258 g/mol. The highest BCUT2D eigenvalue weighted by Crippen LogP contribution is 2.36. The zero-order valence-electron chi connectivity index (χ0n) is 8.55. The molecule has 1 heterocycles. The molecule has 90 valence electrons. The first-order valence-corrected chi connectivity index (χ1v) is 5.01. The van der Waals surface area contributed by atoms with Crippen molar-refractivity contribution < 1.29 is 24.2 Å². The van der Waals surface area contributed by atoms with E-state index in [0.717, 1.165) is 0 Å². The summed E-state index contributed by atoms with van der Waals surface area (Å²) < 4.78 is 10.3. The Labute approximate surface area is 101 Å². The number of oxime groups is 1. The van der Waals surface area contributed by atoms with E-state index in [-0.39, 0.29) is 13.4 Å². The van der Waals surface area contributed by atoms with Gasteiger partial charge in [0.1, 0.15) is 6.61 Å². The van der Waals surface area contributed by atoms with Crippen LogP contribution in [0.1, 0.15) is 5.56 Å². The van der Waals surface area contributed by atoms with Crippen LogP contribution in [0.5, 0.6) is 11.5 Å². The Balaban J connectivity index is 2.04. The van der Waals surface area contributed by atoms with Gasteiger partial charge in [-0.25, -0.2) is 4.79 Å². The van der Waals surface area contributed by atoms with E-state index in [1.165, 1.54) is 0 Å². The van der Waals surface area contributed by atoms with Gasteiger partial charge in [0.05, 0.1) is 5.02 Å². The number of fused-ring (bicyclic) bond motifs is 1. The molecule has 0 saturated carbocycles. The lowest BCUT2D eigenvalue weighted by Crippen LogP contribution is -1.96. The molecule has 0 aliphatic carbocycles. The lowest BCUT2D eigenvalue weighted by Gasteiger charge is -2.04. The van der Waals surface area contributed by atoms with Crippen LogP contribution >= 0.6 is 11.6 Å². The fourth-order valence-electron chi connectivity index (χ4n) is 1.26. The molecule has 6 nitrogen and oxygen atoms in total. The van der Waals surface area contributed by atoms with Gasteiger partial charge in [-0.1, -0.05) is 16.8 Å². The Hall–Kier alpha value is -1.95. The first kappa shape index (κ1) is 11.5. The first-order chi connectivity index (χ1) is 8.16. The maximum atomic E-state index is 10.1. The third-order valence-corrected chi connectivity index (χ3v) is 2.35. The highest BCUT2D eigenvalue weighted by atomic mass is 35.5. The van der Waals surface area contributed by atoms with Gasteiger partial charge in [0, 0.05) is 11.6 Å². The second kappa shape index (κ2) is 4.92. The van der Waals surface area contributed by atoms with Crippen molar-refractivity contribution in [1.82, 2.24) is 0 Å². The summed E-state index contributed by atoms with van der Waals surface area (Å²) >= 11 is 5.97. The van der Waals surface area contributed by atoms with Crippen molar-refractivity contribution in [1.29, 1.82) is 0 Å². The number of carboxylic acids is 1. The van der Waals surface area contributed by atoms with E-state index >= 15 is 0 Å². The van der Waals surface area contributed by atoms with E-state index in [0.29, 0.717) is 28.3 Å². The Bertz CT molecular complexity index is 474. The largest absolute Gasteiger partial charge is 0.477 e. The summed E-state index contributed by atoms with van der Waals surface area (Å²) in [4.78, 5) is 14.9. The normalized spacial score (nSPS) is 13.0. The molecule has 0 atom stereocenters. The van der Waals surface area contributed by atoms with E-state index in [2.05, 4.69) is 5.16 Å². The van der Waals surface area contributed by atoms with Crippen molar-refractivity contribution in [2.24, 2.45) is 5.16 Å². The van der Waals surface area contributed by atoms with Gasteiger partial charge in [0.15, 0.2) is 17.7 Å². The Kier molecular flexibility index (Phi) is 3.34. The van der Waals surface area contributed by atoms with Crippen LogP contribution in [0.3, 0.4) is 0 Å². The number of halogens is 1. The molecule has 1 aliphatic rings. The van der Waals surface area contributed by atoms with E-state index in [4.69, 9.17) is 31.0 Å². The molecule has 1 aromatic carbocycles. The Morgan fingerprint density at radius 1 is 1.53 bits per heavy atom. The second-order valence-corrected chi connectivity index (χ2v) is 3.55. The number of aliphatic carboxylic acids is 1. The van der Waals surface area contributed by atoms with Crippen molar-refractivity contribution in [2.45, 2.75) is 6.61 Å². The molecule has 1 aromatic rings. The van der Waals surface area contributed by atoms with Crippen molar-refractivity contribution >= 4 is 23.8 Å². The number of carboxylic acid groups (broad SMARTS) is 1. The molecule has 0 bridgehead atoms. The number of benzene rings is 1. The number of ether oxygens (including phenoxy) is 2. The Morgan fingerprint density at radius 2 is 2.24 bits per heavy atom. The van der Waals surface area contributed by atoms with Crippen LogP contribution in [0.25, 0.3) is 0 Å². The standard InChI is InChI=1S/C10H8ClNO5/c11-7-2-9-8(15-5-16-9)1-6(7)4-17-12-3-10(13)14/h1-3H,4-5H2,(H,13,14). The highest BCUT2D eigenvalue weighted by molar-refractivity contribution is 6.31. The van der Waals surface area contributed by atoms with Crippen LogP contribution in [0.4, 0.5) is 0 Å². The maximum absolute atomic E-state index is 10.1. The molecule has 0 fully saturated rings. The number of hydrogen-bond acceptors (Lipinski definition) is 5. The molecule has 0 amide bonds. The third-order valence-electron chi connectivity index (χ3n) is 2.00. The van der Waals surface area contributed by atoms with Crippen molar-refractivity contribution in [3.8, 4) is 11.5 Å². The van der Waals surface area contributed by atoms with Gasteiger partial charge >= 0.3 is 5.97 Å². The van der Waals surface area contributed by atoms with Gasteiger partial charge in [0.25, 0.3) is 0 Å². The molecular weight excluding hydrogens is 250 g/mol. The Morgan fingerprint density at radius 3 is 2.94 bits per heavy atom. The average Bonchev–Trinajstić information content (AvgIpc) is 2.71. The summed E-state index contributed by atoms with van der Waals surface area (Å²) in [5.74, 6) is -0.0233. The summed E-state index contributed by atoms with van der Waals surface area (Å²) in [6.45, 7) is 0.215. The smallest absolute Gasteiger partial charge is 0.350 e. The van der Waals surface area contributed by atoms with Crippen molar-refractivity contribution in [3.63, 3.8) is 0 Å². The molecule has 17 heavy (non-hydrogen) atoms. The zero-order valence-corrected chi connectivity index (χ0v) is 9.31. The lowest BCUT2D eigenvalue weighted by molar-refractivity contribution is -0.129. The molecule has 0 spiro atoms. The van der Waals surface area contributed by atoms with Crippen LogP contribution in [0.2, 0.25) is 5.02 Å². The van der Waals surface area contributed by atoms with Crippen LogP contribution in [0.15, 0.2) is 17.3 Å². The predicted molar refractivity (Wildman–Crippen MR) is 58.5 cm³/mol. The van der Waals surface area contributed by atoms with Crippen LogP contribution in [0, 0.1) is 0 Å². The van der Waals surface area contributed by atoms with Gasteiger partial charge < -0.3 is 19.4 Å². The molecule has 1 N–H and O–H groups in total. The fourth-order valence-corrected chi connectivity index (χ4v) is 1.47. The number of hydrogen-bond donors (Lipinski definition) is 1. The molecule has 0 radical (unpaired) electrons. The third kappa shape index (κ3) is 2.79. The SMILES string of the molecule is O=C(O)C=NOCc1cc2c(cc1Cl)OCO2. The number of nitrogens with zero attached hydrogens (tertiary/aromatic N) is 1. The molecule has 0 unspecified atom stereocenters. The molecule has 0 aromatic heterocycles. The van der Waals surface area contributed by atoms with Gasteiger partial charge in [-0.15, -0.1) is 0 Å². The highest BCUT2D eigenvalue weighted by Gasteiger charge is 2.16. The van der Waals surface area contributed by atoms with Crippen molar-refractivity contribution in [3.05, 3.63) is 22.7 Å². The van der Waals surface area contributed by atoms with Gasteiger partial charge in [0.2, 0.25) is 6.79 Å². The van der Waals surface area contributed by atoms with E-state index in [9.17, 15) is 4.79 Å². The zero-order chi connectivity index (χ0) is 12.3. The molecule has 2 rings (SSSR count). The fraction of sp³-hybridized carbons (Fsp3) is 0.200. The summed E-state index contributed by atoms with van der Waals surface area (Å²) in [6.07, 6.45) is 0.654. The molecular formula is C10H8ClNO5. The van der Waals surface area contributed by atoms with Gasteiger partial charge in [-0.05, 0) is 6.07 Å². The van der Waals surface area contributed by atoms with E-state index in [1.54, 1.807) is 12.1 Å². The summed E-state index contributed by atoms with van der Waals surface area (Å²) in [5, 5.41) is 12.0. The monoisotopic (exact) mass is 257 g/mol. The van der Waals surface area contributed by atoms with Crippen LogP contribution in [-0.2, 0) is 16.2 Å². The second-order valence-electron chi connectivity index (χ2n) is 3.14. The van der Waals surface area contributed by atoms with Crippen LogP contribution in [-0.4, -0.2) is 24.1 Å². The van der Waals surface area contributed by atoms with Crippen molar-refractivity contribution in [2.75, 3.05) is 6.79 Å². The number of rotatable bonds is 4. The minimum Gasteiger partial charge on any atom is -0.477 e. The number of carbonyl (C=O) groups is 1. The quantitative estimate of drug-likeness (QED) is 0.656. The maximum Gasteiger partial charge on any atom is 0.350 e. The summed E-state index contributed by atoms with van der Waals surface area (Å²) in [6, 6.07) is 3.28. The lowest BCUT2D eigenvalue weighted by atomic mass is 10.2. The van der Waals surface area contributed by atoms with E-state index in [1.807, 2.05) is 0 Å². The minimum absolute atomic E-state index is 0.0548. The predicted octanol–water partition coefficient (Wildman–Crippen LogP) is 1.66. The summed E-state index contributed by atoms with van der Waals surface area (Å²) in [7, 11) is 0. The molecule has 0 saturated heterocycles. The first-order valence-electron chi connectivity index (χ1n) is 4.63. The topological polar surface area (TPSA) is 77.4 Å². The van der Waals surface area contributed by atoms with E-state index < -0.39 is 5.97 Å². The molecule has 7 heteroatoms. The van der Waals surface area contributed by atoms with Gasteiger partial charge in [-0.3, -0.25) is 0 Å².